The molecule has 0 bridgehead atoms. The Balaban J connectivity index is 2.09. The number of rotatable bonds is 3. The predicted molar refractivity (Wildman–Crippen MR) is 76.6 cm³/mol. The van der Waals surface area contributed by atoms with Crippen molar-refractivity contribution in [2.75, 3.05) is 6.54 Å². The third kappa shape index (κ3) is 3.36. The van der Waals surface area contributed by atoms with Crippen LogP contribution in [0.5, 0.6) is 0 Å². The molecule has 0 heterocycles. The molecule has 1 unspecified atom stereocenters. The van der Waals surface area contributed by atoms with Crippen molar-refractivity contribution in [2.45, 2.75) is 32.2 Å². The van der Waals surface area contributed by atoms with Gasteiger partial charge in [-0.15, -0.1) is 0 Å². The average molecular weight is 256 g/mol. The summed E-state index contributed by atoms with van der Waals surface area (Å²) in [7, 11) is 0. The van der Waals surface area contributed by atoms with Crippen LogP contribution in [0.2, 0.25) is 0 Å². The lowest BCUT2D eigenvalue weighted by Gasteiger charge is -2.31. The van der Waals surface area contributed by atoms with Crippen molar-refractivity contribution in [1.82, 2.24) is 5.32 Å². The van der Waals surface area contributed by atoms with Crippen LogP contribution in [-0.4, -0.2) is 18.5 Å². The van der Waals surface area contributed by atoms with E-state index in [0.29, 0.717) is 18.0 Å². The Bertz CT molecular complexity index is 509. The largest absolute Gasteiger partial charge is 0.349 e. The van der Waals surface area contributed by atoms with Crippen molar-refractivity contribution in [3.63, 3.8) is 0 Å². The highest BCUT2D eigenvalue weighted by Crippen LogP contribution is 2.29. The van der Waals surface area contributed by atoms with E-state index in [1.165, 1.54) is 19.3 Å². The summed E-state index contributed by atoms with van der Waals surface area (Å²) in [6.45, 7) is 2.38. The van der Waals surface area contributed by atoms with E-state index in [0.717, 1.165) is 5.56 Å². The molecule has 1 amide bonds. The van der Waals surface area contributed by atoms with Crippen molar-refractivity contribution in [1.29, 1.82) is 0 Å². The lowest BCUT2D eigenvalue weighted by atomic mass is 9.80. The minimum absolute atomic E-state index is 0.0404. The van der Waals surface area contributed by atoms with E-state index in [4.69, 9.17) is 5.73 Å². The summed E-state index contributed by atoms with van der Waals surface area (Å²) in [5.74, 6) is 6.33. The van der Waals surface area contributed by atoms with E-state index in [9.17, 15) is 4.79 Å². The zero-order valence-corrected chi connectivity index (χ0v) is 11.3. The first-order chi connectivity index (χ1) is 9.22. The summed E-state index contributed by atoms with van der Waals surface area (Å²) in [5.41, 5.74) is 6.75. The van der Waals surface area contributed by atoms with E-state index in [-0.39, 0.29) is 11.9 Å². The quantitative estimate of drug-likeness (QED) is 0.812. The van der Waals surface area contributed by atoms with Crippen LogP contribution in [0.1, 0.15) is 42.1 Å². The topological polar surface area (TPSA) is 55.1 Å². The molecule has 1 saturated carbocycles. The van der Waals surface area contributed by atoms with Gasteiger partial charge in [0.2, 0.25) is 0 Å². The highest BCUT2D eigenvalue weighted by molar-refractivity contribution is 5.96. The van der Waals surface area contributed by atoms with Gasteiger partial charge >= 0.3 is 0 Å². The second-order valence-corrected chi connectivity index (χ2v) is 5.00. The maximum absolute atomic E-state index is 12.3. The summed E-state index contributed by atoms with van der Waals surface area (Å²) in [6.07, 6.45) is 3.72. The van der Waals surface area contributed by atoms with Gasteiger partial charge in [0.1, 0.15) is 0 Å². The second kappa shape index (κ2) is 6.40. The van der Waals surface area contributed by atoms with E-state index < -0.39 is 0 Å². The van der Waals surface area contributed by atoms with Gasteiger partial charge in [-0.05, 0) is 37.8 Å². The van der Waals surface area contributed by atoms with Crippen molar-refractivity contribution in [3.05, 3.63) is 35.4 Å². The highest BCUT2D eigenvalue weighted by atomic mass is 16.1. The summed E-state index contributed by atoms with van der Waals surface area (Å²) < 4.78 is 0. The number of carbonyl (C=O) groups excluding carboxylic acids is 1. The molecule has 1 aliphatic rings. The van der Waals surface area contributed by atoms with Gasteiger partial charge in [0.25, 0.3) is 5.91 Å². The molecule has 0 radical (unpaired) electrons. The van der Waals surface area contributed by atoms with E-state index in [1.54, 1.807) is 0 Å². The fourth-order valence-corrected chi connectivity index (χ4v) is 2.28. The number of carbonyl (C=O) groups is 1. The Kier molecular flexibility index (Phi) is 4.59. The first kappa shape index (κ1) is 13.6. The van der Waals surface area contributed by atoms with Gasteiger partial charge in [0.15, 0.2) is 0 Å². The van der Waals surface area contributed by atoms with Gasteiger partial charge in [0, 0.05) is 11.6 Å². The fraction of sp³-hybridized carbons (Fsp3) is 0.438. The second-order valence-electron chi connectivity index (χ2n) is 5.00. The number of hydrogen-bond donors (Lipinski definition) is 2. The summed E-state index contributed by atoms with van der Waals surface area (Å²) in [4.78, 5) is 12.3. The number of hydrogen-bond acceptors (Lipinski definition) is 2. The molecule has 0 saturated heterocycles. The van der Waals surface area contributed by atoms with Gasteiger partial charge in [-0.3, -0.25) is 4.79 Å². The molecule has 3 N–H and O–H groups in total. The van der Waals surface area contributed by atoms with Crippen LogP contribution in [0, 0.1) is 17.8 Å². The lowest BCUT2D eigenvalue weighted by Crippen LogP contribution is -2.40. The Hall–Kier alpha value is -1.79. The first-order valence-electron chi connectivity index (χ1n) is 6.81. The number of nitrogens with one attached hydrogen (secondary N) is 1. The molecule has 3 heteroatoms. The zero-order valence-electron chi connectivity index (χ0n) is 11.3. The SMILES string of the molecule is CC(NC(=O)c1ccccc1C#CCN)C1CCC1. The Morgan fingerprint density at radius 3 is 2.84 bits per heavy atom. The molecule has 1 aliphatic carbocycles. The van der Waals surface area contributed by atoms with Crippen LogP contribution in [0.3, 0.4) is 0 Å². The minimum atomic E-state index is -0.0404. The van der Waals surface area contributed by atoms with E-state index >= 15 is 0 Å². The van der Waals surface area contributed by atoms with Crippen LogP contribution >= 0.6 is 0 Å². The van der Waals surface area contributed by atoms with E-state index in [1.807, 2.05) is 24.3 Å². The maximum atomic E-state index is 12.3. The molecule has 1 atom stereocenters. The molecule has 1 fully saturated rings. The van der Waals surface area contributed by atoms with E-state index in [2.05, 4.69) is 24.1 Å². The molecule has 100 valence electrons. The number of benzene rings is 1. The Morgan fingerprint density at radius 2 is 2.21 bits per heavy atom. The van der Waals surface area contributed by atoms with Gasteiger partial charge in [-0.25, -0.2) is 0 Å². The highest BCUT2D eigenvalue weighted by Gasteiger charge is 2.25. The predicted octanol–water partition coefficient (Wildman–Crippen LogP) is 1.92. The molecule has 1 aromatic rings. The molecule has 2 rings (SSSR count). The smallest absolute Gasteiger partial charge is 0.252 e. The van der Waals surface area contributed by atoms with Gasteiger partial charge in [-0.1, -0.05) is 30.4 Å². The molecule has 0 aromatic heterocycles. The summed E-state index contributed by atoms with van der Waals surface area (Å²) in [5, 5.41) is 3.08. The minimum Gasteiger partial charge on any atom is -0.349 e. The molecule has 19 heavy (non-hydrogen) atoms. The zero-order chi connectivity index (χ0) is 13.7. The fourth-order valence-electron chi connectivity index (χ4n) is 2.28. The third-order valence-corrected chi connectivity index (χ3v) is 3.71. The molecule has 0 spiro atoms. The van der Waals surface area contributed by atoms with Gasteiger partial charge < -0.3 is 11.1 Å². The van der Waals surface area contributed by atoms with Crippen LogP contribution in [0.15, 0.2) is 24.3 Å². The van der Waals surface area contributed by atoms with Gasteiger partial charge in [-0.2, -0.15) is 0 Å². The van der Waals surface area contributed by atoms with Crippen molar-refractivity contribution in [2.24, 2.45) is 11.7 Å². The molecule has 3 nitrogen and oxygen atoms in total. The number of nitrogens with two attached hydrogens (primary N) is 1. The summed E-state index contributed by atoms with van der Waals surface area (Å²) >= 11 is 0. The average Bonchev–Trinajstić information content (AvgIpc) is 2.34. The molecular weight excluding hydrogens is 236 g/mol. The molecular formula is C16H20N2O. The van der Waals surface area contributed by atoms with Crippen molar-refractivity contribution >= 4 is 5.91 Å². The Labute approximate surface area is 114 Å². The standard InChI is InChI=1S/C16H20N2O/c1-12(13-7-4-8-13)18-16(19)15-10-3-2-6-14(15)9-5-11-17/h2-3,6,10,12-13H,4,7-8,11,17H2,1H3,(H,18,19). The molecule has 1 aromatic carbocycles. The van der Waals surface area contributed by atoms with Crippen LogP contribution in [-0.2, 0) is 0 Å². The van der Waals surface area contributed by atoms with Crippen LogP contribution in [0.4, 0.5) is 0 Å². The normalized spacial score (nSPS) is 15.9. The molecule has 0 aliphatic heterocycles. The van der Waals surface area contributed by atoms with Crippen LogP contribution < -0.4 is 11.1 Å². The lowest BCUT2D eigenvalue weighted by molar-refractivity contribution is 0.0909. The van der Waals surface area contributed by atoms with Crippen molar-refractivity contribution < 1.29 is 4.79 Å². The Morgan fingerprint density at radius 1 is 1.47 bits per heavy atom. The maximum Gasteiger partial charge on any atom is 0.252 e. The summed E-state index contributed by atoms with van der Waals surface area (Å²) in [6, 6.07) is 7.63. The van der Waals surface area contributed by atoms with Crippen molar-refractivity contribution in [3.8, 4) is 11.8 Å². The van der Waals surface area contributed by atoms with Crippen LogP contribution in [0.25, 0.3) is 0 Å². The third-order valence-electron chi connectivity index (χ3n) is 3.71. The first-order valence-corrected chi connectivity index (χ1v) is 6.81. The monoisotopic (exact) mass is 256 g/mol. The number of amides is 1. The van der Waals surface area contributed by atoms with Gasteiger partial charge in [0.05, 0.1) is 12.1 Å².